The molecule has 1 unspecified atom stereocenters. The summed E-state index contributed by atoms with van der Waals surface area (Å²) < 4.78 is 17.7. The maximum atomic E-state index is 12.5. The molecule has 0 aliphatic rings. The van der Waals surface area contributed by atoms with Gasteiger partial charge in [-0.3, -0.25) is 0 Å². The van der Waals surface area contributed by atoms with Crippen LogP contribution < -0.4 is 0 Å². The van der Waals surface area contributed by atoms with Gasteiger partial charge in [0.25, 0.3) is 0 Å². The topological polar surface area (TPSA) is 29.5 Å². The molecule has 0 bridgehead atoms. The van der Waals surface area contributed by atoms with Crippen LogP contribution in [0.4, 0.5) is 4.39 Å². The van der Waals surface area contributed by atoms with Crippen LogP contribution in [0, 0.1) is 5.82 Å². The van der Waals surface area contributed by atoms with Crippen molar-refractivity contribution in [2.24, 2.45) is 0 Å². The van der Waals surface area contributed by atoms with Crippen LogP contribution in [0.3, 0.4) is 0 Å². The third kappa shape index (κ3) is 2.79. The summed E-state index contributed by atoms with van der Waals surface area (Å²) in [4.78, 5) is 0. The summed E-state index contributed by atoms with van der Waals surface area (Å²) in [5.74, 6) is -0.261. The molecule has 1 rings (SSSR count). The van der Waals surface area contributed by atoms with Crippen molar-refractivity contribution < 1.29 is 14.2 Å². The Kier molecular flexibility index (Phi) is 3.86. The minimum atomic E-state index is -0.261. The summed E-state index contributed by atoms with van der Waals surface area (Å²) in [6, 6.07) is 6.11. The fourth-order valence-electron chi connectivity index (χ4n) is 1.22. The van der Waals surface area contributed by atoms with Gasteiger partial charge in [-0.1, -0.05) is 12.1 Å². The Balaban J connectivity index is 2.73. The van der Waals surface area contributed by atoms with E-state index < -0.39 is 0 Å². The Labute approximate surface area is 77.0 Å². The highest BCUT2D eigenvalue weighted by Gasteiger charge is 2.08. The van der Waals surface area contributed by atoms with Gasteiger partial charge in [-0.2, -0.15) is 0 Å². The third-order valence-electron chi connectivity index (χ3n) is 1.92. The second-order valence-electron chi connectivity index (χ2n) is 2.79. The Morgan fingerprint density at radius 2 is 2.00 bits per heavy atom. The van der Waals surface area contributed by atoms with E-state index in [0.29, 0.717) is 6.42 Å². The van der Waals surface area contributed by atoms with Crippen LogP contribution in [0.25, 0.3) is 0 Å². The molecule has 0 radical (unpaired) electrons. The van der Waals surface area contributed by atoms with Gasteiger partial charge in [-0.15, -0.1) is 0 Å². The summed E-state index contributed by atoms with van der Waals surface area (Å²) in [5, 5.41) is 8.73. The van der Waals surface area contributed by atoms with Gasteiger partial charge < -0.3 is 9.84 Å². The zero-order valence-electron chi connectivity index (χ0n) is 7.53. The van der Waals surface area contributed by atoms with Crippen LogP contribution in [0.5, 0.6) is 0 Å². The molecule has 2 nitrogen and oxygen atoms in total. The highest BCUT2D eigenvalue weighted by molar-refractivity contribution is 5.18. The Bertz CT molecular complexity index is 246. The number of aliphatic hydroxyl groups excluding tert-OH is 1. The maximum Gasteiger partial charge on any atom is 0.123 e. The predicted molar refractivity (Wildman–Crippen MR) is 47.9 cm³/mol. The molecule has 0 amide bonds. The smallest absolute Gasteiger partial charge is 0.123 e. The summed E-state index contributed by atoms with van der Waals surface area (Å²) in [7, 11) is 1.57. The van der Waals surface area contributed by atoms with Crippen LogP contribution in [-0.2, 0) is 4.74 Å². The molecular formula is C10H13FO2. The van der Waals surface area contributed by atoms with Crippen molar-refractivity contribution in [3.05, 3.63) is 35.6 Å². The van der Waals surface area contributed by atoms with Crippen molar-refractivity contribution in [3.8, 4) is 0 Å². The van der Waals surface area contributed by atoms with Crippen molar-refractivity contribution in [1.29, 1.82) is 0 Å². The van der Waals surface area contributed by atoms with E-state index in [2.05, 4.69) is 0 Å². The summed E-state index contributed by atoms with van der Waals surface area (Å²) in [6.07, 6.45) is 0.382. The second kappa shape index (κ2) is 4.94. The molecule has 0 saturated heterocycles. The molecular weight excluding hydrogens is 171 g/mol. The Morgan fingerprint density at radius 3 is 2.46 bits per heavy atom. The van der Waals surface area contributed by atoms with E-state index in [1.807, 2.05) is 0 Å². The monoisotopic (exact) mass is 184 g/mol. The van der Waals surface area contributed by atoms with Gasteiger partial charge in [-0.05, 0) is 17.7 Å². The standard InChI is InChI=1S/C10H13FO2/c1-13-10(6-7-12)8-2-4-9(11)5-3-8/h2-5,10,12H,6-7H2,1H3. The molecule has 3 heteroatoms. The fraction of sp³-hybridized carbons (Fsp3) is 0.400. The summed E-state index contributed by atoms with van der Waals surface area (Å²) in [5.41, 5.74) is 0.887. The van der Waals surface area contributed by atoms with E-state index >= 15 is 0 Å². The van der Waals surface area contributed by atoms with Crippen LogP contribution in [0.2, 0.25) is 0 Å². The zero-order chi connectivity index (χ0) is 9.68. The molecule has 1 aromatic carbocycles. The predicted octanol–water partition coefficient (Wildman–Crippen LogP) is 1.90. The number of halogens is 1. The van der Waals surface area contributed by atoms with Gasteiger partial charge in [0.15, 0.2) is 0 Å². The van der Waals surface area contributed by atoms with E-state index in [0.717, 1.165) is 5.56 Å². The van der Waals surface area contributed by atoms with E-state index in [-0.39, 0.29) is 18.5 Å². The molecule has 0 saturated carbocycles. The van der Waals surface area contributed by atoms with E-state index in [4.69, 9.17) is 9.84 Å². The van der Waals surface area contributed by atoms with E-state index in [1.54, 1.807) is 19.2 Å². The minimum absolute atomic E-state index is 0.0654. The van der Waals surface area contributed by atoms with E-state index in [9.17, 15) is 4.39 Å². The first-order valence-electron chi connectivity index (χ1n) is 4.17. The Hall–Kier alpha value is -0.930. The highest BCUT2D eigenvalue weighted by Crippen LogP contribution is 2.19. The number of aliphatic hydroxyl groups is 1. The van der Waals surface area contributed by atoms with Gasteiger partial charge in [0.05, 0.1) is 6.10 Å². The van der Waals surface area contributed by atoms with Crippen molar-refractivity contribution in [1.82, 2.24) is 0 Å². The number of rotatable bonds is 4. The first kappa shape index (κ1) is 10.2. The molecule has 1 N–H and O–H groups in total. The lowest BCUT2D eigenvalue weighted by Crippen LogP contribution is -2.03. The zero-order valence-corrected chi connectivity index (χ0v) is 7.53. The first-order chi connectivity index (χ1) is 6.27. The van der Waals surface area contributed by atoms with Gasteiger partial charge in [-0.25, -0.2) is 4.39 Å². The maximum absolute atomic E-state index is 12.5. The second-order valence-corrected chi connectivity index (χ2v) is 2.79. The largest absolute Gasteiger partial charge is 0.396 e. The number of ether oxygens (including phenoxy) is 1. The Morgan fingerprint density at radius 1 is 1.38 bits per heavy atom. The number of methoxy groups -OCH3 is 1. The molecule has 0 spiro atoms. The first-order valence-corrected chi connectivity index (χ1v) is 4.17. The average molecular weight is 184 g/mol. The summed E-state index contributed by atoms with van der Waals surface area (Å²) in [6.45, 7) is 0.0654. The van der Waals surface area contributed by atoms with Crippen LogP contribution in [0.1, 0.15) is 18.1 Å². The SMILES string of the molecule is COC(CCO)c1ccc(F)cc1. The number of hydrogen-bond acceptors (Lipinski definition) is 2. The molecule has 13 heavy (non-hydrogen) atoms. The van der Waals surface area contributed by atoms with Gasteiger partial charge >= 0.3 is 0 Å². The molecule has 1 aromatic rings. The normalized spacial score (nSPS) is 12.8. The van der Waals surface area contributed by atoms with Crippen molar-refractivity contribution >= 4 is 0 Å². The van der Waals surface area contributed by atoms with Crippen molar-refractivity contribution in [3.63, 3.8) is 0 Å². The van der Waals surface area contributed by atoms with Crippen LogP contribution in [0.15, 0.2) is 24.3 Å². The summed E-state index contributed by atoms with van der Waals surface area (Å²) >= 11 is 0. The van der Waals surface area contributed by atoms with Gasteiger partial charge in [0, 0.05) is 20.1 Å². The molecule has 72 valence electrons. The molecule has 0 aliphatic carbocycles. The quantitative estimate of drug-likeness (QED) is 0.774. The lowest BCUT2D eigenvalue weighted by molar-refractivity contribution is 0.0775. The third-order valence-corrected chi connectivity index (χ3v) is 1.92. The van der Waals surface area contributed by atoms with Crippen molar-refractivity contribution in [2.75, 3.05) is 13.7 Å². The lowest BCUT2D eigenvalue weighted by Gasteiger charge is -2.13. The minimum Gasteiger partial charge on any atom is -0.396 e. The number of hydrogen-bond donors (Lipinski definition) is 1. The van der Waals surface area contributed by atoms with Crippen molar-refractivity contribution in [2.45, 2.75) is 12.5 Å². The van der Waals surface area contributed by atoms with Gasteiger partial charge in [0.1, 0.15) is 5.82 Å². The molecule has 0 heterocycles. The molecule has 1 atom stereocenters. The van der Waals surface area contributed by atoms with Crippen LogP contribution in [-0.4, -0.2) is 18.8 Å². The number of benzene rings is 1. The lowest BCUT2D eigenvalue weighted by atomic mass is 10.1. The van der Waals surface area contributed by atoms with Crippen LogP contribution >= 0.6 is 0 Å². The molecule has 0 aliphatic heterocycles. The van der Waals surface area contributed by atoms with Gasteiger partial charge in [0.2, 0.25) is 0 Å². The highest BCUT2D eigenvalue weighted by atomic mass is 19.1. The van der Waals surface area contributed by atoms with E-state index in [1.165, 1.54) is 12.1 Å². The fourth-order valence-corrected chi connectivity index (χ4v) is 1.22. The average Bonchev–Trinajstić information content (AvgIpc) is 2.16. The molecule has 0 fully saturated rings. The molecule has 0 aromatic heterocycles.